The third-order valence-corrected chi connectivity index (χ3v) is 7.19. The number of amides is 2. The maximum absolute atomic E-state index is 15.4. The Bertz CT molecular complexity index is 1350. The monoisotopic (exact) mass is 511 g/mol. The van der Waals surface area contributed by atoms with Crippen molar-refractivity contribution in [3.8, 4) is 17.0 Å². The van der Waals surface area contributed by atoms with E-state index in [-0.39, 0.29) is 29.5 Å². The first-order valence-electron chi connectivity index (χ1n) is 12.8. The largest absolute Gasteiger partial charge is 0.492 e. The van der Waals surface area contributed by atoms with Crippen LogP contribution in [0.3, 0.4) is 0 Å². The van der Waals surface area contributed by atoms with Crippen molar-refractivity contribution in [2.24, 2.45) is 5.92 Å². The molecule has 3 atom stereocenters. The molecular formula is C27H31F2N5O3. The molecule has 0 unspecified atom stereocenters. The van der Waals surface area contributed by atoms with Crippen LogP contribution in [0.2, 0.25) is 0 Å². The van der Waals surface area contributed by atoms with Gasteiger partial charge in [-0.1, -0.05) is 13.0 Å². The van der Waals surface area contributed by atoms with Crippen molar-refractivity contribution in [3.63, 3.8) is 0 Å². The van der Waals surface area contributed by atoms with Crippen molar-refractivity contribution >= 4 is 22.8 Å². The van der Waals surface area contributed by atoms with Crippen LogP contribution in [0.1, 0.15) is 60.6 Å². The van der Waals surface area contributed by atoms with Gasteiger partial charge in [0.15, 0.2) is 0 Å². The van der Waals surface area contributed by atoms with Gasteiger partial charge in [-0.25, -0.2) is 18.7 Å². The minimum Gasteiger partial charge on any atom is -0.492 e. The number of H-pyrrole nitrogens is 1. The summed E-state index contributed by atoms with van der Waals surface area (Å²) >= 11 is 0. The molecule has 2 amide bonds. The summed E-state index contributed by atoms with van der Waals surface area (Å²) in [6.45, 7) is 5.62. The number of aromatic nitrogens is 3. The number of carbonyl (C=O) groups is 2. The highest BCUT2D eigenvalue weighted by atomic mass is 19.1. The van der Waals surface area contributed by atoms with E-state index in [1.807, 2.05) is 0 Å². The molecule has 5 rings (SSSR count). The molecule has 37 heavy (non-hydrogen) atoms. The van der Waals surface area contributed by atoms with Crippen LogP contribution in [0.4, 0.5) is 8.78 Å². The number of halogens is 2. The van der Waals surface area contributed by atoms with Crippen LogP contribution in [0.15, 0.2) is 18.5 Å². The van der Waals surface area contributed by atoms with Gasteiger partial charge in [0.2, 0.25) is 5.91 Å². The van der Waals surface area contributed by atoms with Gasteiger partial charge in [0.25, 0.3) is 5.91 Å². The van der Waals surface area contributed by atoms with Crippen molar-refractivity contribution in [2.45, 2.75) is 71.1 Å². The lowest BCUT2D eigenvalue weighted by Gasteiger charge is -2.15. The highest BCUT2D eigenvalue weighted by Gasteiger charge is 2.37. The number of nitrogens with zero attached hydrogens (tertiary/aromatic N) is 2. The lowest BCUT2D eigenvalue weighted by Crippen LogP contribution is -2.39. The number of aryl methyl sites for hydroxylation is 2. The number of benzene rings is 1. The predicted octanol–water partition coefficient (Wildman–Crippen LogP) is 4.29. The molecule has 2 saturated carbocycles. The van der Waals surface area contributed by atoms with E-state index >= 15 is 4.39 Å². The molecule has 0 radical (unpaired) electrons. The van der Waals surface area contributed by atoms with Gasteiger partial charge in [-0.3, -0.25) is 9.59 Å². The van der Waals surface area contributed by atoms with Crippen molar-refractivity contribution in [3.05, 3.63) is 41.1 Å². The molecule has 3 N–H and O–H groups in total. The molecule has 196 valence electrons. The second kappa shape index (κ2) is 10.1. The number of nitrogens with one attached hydrogen (secondary N) is 3. The summed E-state index contributed by atoms with van der Waals surface area (Å²) < 4.78 is 36.1. The normalized spacial score (nSPS) is 21.3. The van der Waals surface area contributed by atoms with Gasteiger partial charge in [-0.15, -0.1) is 0 Å². The number of aromatic amines is 1. The van der Waals surface area contributed by atoms with E-state index in [4.69, 9.17) is 4.74 Å². The first-order chi connectivity index (χ1) is 17.8. The summed E-state index contributed by atoms with van der Waals surface area (Å²) in [5, 5.41) is 5.57. The van der Waals surface area contributed by atoms with E-state index < -0.39 is 23.9 Å². The zero-order valence-electron chi connectivity index (χ0n) is 21.2. The van der Waals surface area contributed by atoms with Crippen molar-refractivity contribution in [1.82, 2.24) is 25.6 Å². The van der Waals surface area contributed by atoms with E-state index in [1.165, 1.54) is 6.33 Å². The average Bonchev–Trinajstić information content (AvgIpc) is 3.55. The topological polar surface area (TPSA) is 109 Å². The Morgan fingerprint density at radius 3 is 2.68 bits per heavy atom. The fourth-order valence-electron chi connectivity index (χ4n) is 4.91. The summed E-state index contributed by atoms with van der Waals surface area (Å²) in [7, 11) is 0. The molecule has 0 spiro atoms. The molecule has 8 nitrogen and oxygen atoms in total. The van der Waals surface area contributed by atoms with E-state index in [2.05, 4.69) is 25.6 Å². The van der Waals surface area contributed by atoms with E-state index in [0.717, 1.165) is 12.8 Å². The van der Waals surface area contributed by atoms with Crippen LogP contribution in [-0.4, -0.2) is 51.6 Å². The number of rotatable bonds is 8. The molecule has 2 aliphatic rings. The Labute approximate surface area is 213 Å². The summed E-state index contributed by atoms with van der Waals surface area (Å²) in [5.74, 6) is -0.212. The van der Waals surface area contributed by atoms with E-state index in [9.17, 15) is 14.0 Å². The second-order valence-corrected chi connectivity index (χ2v) is 10.1. The Kier molecular flexibility index (Phi) is 6.83. The molecule has 3 aromatic rings. The smallest absolute Gasteiger partial charge is 0.255 e. The van der Waals surface area contributed by atoms with Crippen molar-refractivity contribution in [2.75, 3.05) is 6.61 Å². The first kappa shape index (κ1) is 25.1. The lowest BCUT2D eigenvalue weighted by atomic mass is 10.0. The summed E-state index contributed by atoms with van der Waals surface area (Å²) in [6.07, 6.45) is 2.97. The van der Waals surface area contributed by atoms with Gasteiger partial charge in [0.05, 0.1) is 29.3 Å². The van der Waals surface area contributed by atoms with Crippen molar-refractivity contribution in [1.29, 1.82) is 0 Å². The molecule has 2 aromatic heterocycles. The number of alkyl halides is 1. The molecule has 10 heteroatoms. The first-order valence-corrected chi connectivity index (χ1v) is 12.8. The third-order valence-electron chi connectivity index (χ3n) is 7.19. The minimum atomic E-state index is -1.28. The molecule has 2 aliphatic carbocycles. The molecule has 0 saturated heterocycles. The maximum atomic E-state index is 15.4. The van der Waals surface area contributed by atoms with Gasteiger partial charge >= 0.3 is 0 Å². The molecule has 2 fully saturated rings. The van der Waals surface area contributed by atoms with Crippen LogP contribution in [0.25, 0.3) is 22.3 Å². The lowest BCUT2D eigenvalue weighted by molar-refractivity contribution is -0.121. The zero-order chi connectivity index (χ0) is 26.3. The van der Waals surface area contributed by atoms with E-state index in [0.29, 0.717) is 59.1 Å². The van der Waals surface area contributed by atoms with Crippen LogP contribution < -0.4 is 15.4 Å². The minimum absolute atomic E-state index is 0.145. The molecule has 1 aromatic carbocycles. The standard InChI is InChI=1S/C27H31F2N5O3/c1-4-20(35)33-16-9-17(28)18(10-16)34-27(36)21-14(3)32-26-24(21)30-12-31-25(26)22-19(37-11-15-6-7-15)8-5-13(2)23(22)29/h5,8,12,15-18,32H,4,6-7,9-11H2,1-3H3,(H,33,35)(H,34,36)/t16-,17-,18-/m1/s1. The van der Waals surface area contributed by atoms with Gasteiger partial charge in [-0.2, -0.15) is 0 Å². The Morgan fingerprint density at radius 1 is 1.16 bits per heavy atom. The molecule has 0 aliphatic heterocycles. The van der Waals surface area contributed by atoms with Crippen LogP contribution in [0, 0.1) is 25.6 Å². The number of ether oxygens (including phenoxy) is 1. The molecule has 0 bridgehead atoms. The maximum Gasteiger partial charge on any atom is 0.255 e. The zero-order valence-corrected chi connectivity index (χ0v) is 21.2. The third kappa shape index (κ3) is 5.01. The van der Waals surface area contributed by atoms with Crippen LogP contribution in [-0.2, 0) is 4.79 Å². The number of carbonyl (C=O) groups excluding carboxylic acids is 2. The predicted molar refractivity (Wildman–Crippen MR) is 135 cm³/mol. The van der Waals surface area contributed by atoms with Crippen LogP contribution >= 0.6 is 0 Å². The summed E-state index contributed by atoms with van der Waals surface area (Å²) in [4.78, 5) is 36.8. The Balaban J connectivity index is 1.45. The highest BCUT2D eigenvalue weighted by Crippen LogP contribution is 2.39. The quantitative estimate of drug-likeness (QED) is 0.418. The highest BCUT2D eigenvalue weighted by molar-refractivity contribution is 6.09. The van der Waals surface area contributed by atoms with Gasteiger partial charge in [-0.05, 0) is 50.7 Å². The molecular weight excluding hydrogens is 480 g/mol. The number of hydrogen-bond acceptors (Lipinski definition) is 5. The van der Waals surface area contributed by atoms with Gasteiger partial charge in [0, 0.05) is 24.6 Å². The Morgan fingerprint density at radius 2 is 1.95 bits per heavy atom. The fourth-order valence-corrected chi connectivity index (χ4v) is 4.91. The average molecular weight is 512 g/mol. The number of hydrogen-bond donors (Lipinski definition) is 3. The van der Waals surface area contributed by atoms with Gasteiger partial charge < -0.3 is 20.4 Å². The summed E-state index contributed by atoms with van der Waals surface area (Å²) in [6, 6.07) is 2.34. The van der Waals surface area contributed by atoms with Crippen molar-refractivity contribution < 1.29 is 23.1 Å². The second-order valence-electron chi connectivity index (χ2n) is 10.1. The Hall–Kier alpha value is -3.56. The van der Waals surface area contributed by atoms with Gasteiger partial charge in [0.1, 0.15) is 35.3 Å². The fraction of sp³-hybridized carbons (Fsp3) is 0.481. The van der Waals surface area contributed by atoms with Crippen LogP contribution in [0.5, 0.6) is 5.75 Å². The van der Waals surface area contributed by atoms with E-state index in [1.54, 1.807) is 32.9 Å². The molecule has 2 heterocycles. The summed E-state index contributed by atoms with van der Waals surface area (Å²) in [5.41, 5.74) is 2.44. The number of fused-ring (bicyclic) bond motifs is 1. The SMILES string of the molecule is CCC(=O)N[C@@H]1C[C@@H](F)[C@H](NC(=O)c2c(C)[nH]c3c(-c4c(OCC5CC5)ccc(C)c4F)ncnc23)C1.